The van der Waals surface area contributed by atoms with E-state index in [-0.39, 0.29) is 12.5 Å². The third-order valence-electron chi connectivity index (χ3n) is 6.64. The molecule has 0 N–H and O–H groups in total. The van der Waals surface area contributed by atoms with E-state index in [0.29, 0.717) is 11.3 Å². The number of hydrogen-bond acceptors (Lipinski definition) is 3. The zero-order chi connectivity index (χ0) is 25.2. The highest BCUT2D eigenvalue weighted by Crippen LogP contribution is 2.42. The predicted octanol–water partition coefficient (Wildman–Crippen LogP) is 7.26. The van der Waals surface area contributed by atoms with Gasteiger partial charge >= 0.3 is 6.09 Å². The standard InChI is InChI=1S/C32H24N2O3/c35-31(33-18-8-9-19-33)28-21-26-14-6-7-15-29(26)34(32(36)37-22-23-10-2-1-3-11-23)30(28)27-17-16-24-12-4-5-13-25(24)20-27/h1-21,30H,22H2. The van der Waals surface area contributed by atoms with Crippen LogP contribution in [0.4, 0.5) is 10.5 Å². The zero-order valence-corrected chi connectivity index (χ0v) is 20.0. The van der Waals surface area contributed by atoms with Gasteiger partial charge in [0.2, 0.25) is 0 Å². The molecule has 5 heteroatoms. The van der Waals surface area contributed by atoms with Crippen LogP contribution >= 0.6 is 0 Å². The molecular weight excluding hydrogens is 460 g/mol. The van der Waals surface area contributed by atoms with Gasteiger partial charge in [0.05, 0.1) is 11.7 Å². The first kappa shape index (κ1) is 22.6. The van der Waals surface area contributed by atoms with E-state index in [1.165, 1.54) is 0 Å². The molecule has 1 aliphatic rings. The van der Waals surface area contributed by atoms with E-state index in [4.69, 9.17) is 4.74 Å². The highest BCUT2D eigenvalue weighted by molar-refractivity contribution is 6.07. The molecule has 1 unspecified atom stereocenters. The van der Waals surface area contributed by atoms with E-state index in [9.17, 15) is 9.59 Å². The molecule has 2 heterocycles. The molecule has 1 amide bonds. The lowest BCUT2D eigenvalue weighted by atomic mass is 9.89. The molecule has 37 heavy (non-hydrogen) atoms. The quantitative estimate of drug-likeness (QED) is 0.270. The Bertz CT molecular complexity index is 1620. The van der Waals surface area contributed by atoms with Gasteiger partial charge in [-0.15, -0.1) is 0 Å². The molecule has 0 aliphatic carbocycles. The Kier molecular flexibility index (Phi) is 5.87. The molecule has 6 rings (SSSR count). The summed E-state index contributed by atoms with van der Waals surface area (Å²) in [5.41, 5.74) is 3.69. The average molecular weight is 485 g/mol. The van der Waals surface area contributed by atoms with Crippen LogP contribution in [-0.2, 0) is 11.3 Å². The first-order valence-corrected chi connectivity index (χ1v) is 12.2. The number of para-hydroxylation sites is 1. The monoisotopic (exact) mass is 484 g/mol. The van der Waals surface area contributed by atoms with E-state index >= 15 is 0 Å². The maximum Gasteiger partial charge on any atom is 0.415 e. The minimum absolute atomic E-state index is 0.132. The Morgan fingerprint density at radius 2 is 1.43 bits per heavy atom. The van der Waals surface area contributed by atoms with Gasteiger partial charge in [0.1, 0.15) is 6.61 Å². The number of ether oxygens (including phenoxy) is 1. The lowest BCUT2D eigenvalue weighted by Gasteiger charge is -2.37. The van der Waals surface area contributed by atoms with Crippen LogP contribution in [0.5, 0.6) is 0 Å². The molecule has 0 radical (unpaired) electrons. The summed E-state index contributed by atoms with van der Waals surface area (Å²) >= 11 is 0. The molecule has 180 valence electrons. The molecule has 1 atom stereocenters. The number of aromatic nitrogens is 1. The third-order valence-corrected chi connectivity index (χ3v) is 6.64. The van der Waals surface area contributed by atoms with E-state index < -0.39 is 12.1 Å². The van der Waals surface area contributed by atoms with Gasteiger partial charge in [-0.2, -0.15) is 0 Å². The summed E-state index contributed by atoms with van der Waals surface area (Å²) < 4.78 is 7.37. The largest absolute Gasteiger partial charge is 0.444 e. The van der Waals surface area contributed by atoms with E-state index in [1.54, 1.807) is 21.9 Å². The van der Waals surface area contributed by atoms with Gasteiger partial charge in [-0.3, -0.25) is 14.3 Å². The molecule has 0 fully saturated rings. The molecule has 0 saturated heterocycles. The maximum absolute atomic E-state index is 13.8. The smallest absolute Gasteiger partial charge is 0.415 e. The van der Waals surface area contributed by atoms with Crippen LogP contribution in [0.2, 0.25) is 0 Å². The van der Waals surface area contributed by atoms with Crippen LogP contribution in [0.25, 0.3) is 16.8 Å². The van der Waals surface area contributed by atoms with Crippen LogP contribution in [0, 0.1) is 0 Å². The molecule has 5 nitrogen and oxygen atoms in total. The van der Waals surface area contributed by atoms with Crippen molar-refractivity contribution in [2.24, 2.45) is 0 Å². The summed E-state index contributed by atoms with van der Waals surface area (Å²) in [4.78, 5) is 29.2. The number of fused-ring (bicyclic) bond motifs is 2. The third kappa shape index (κ3) is 4.32. The van der Waals surface area contributed by atoms with E-state index in [1.807, 2.05) is 115 Å². The number of carbonyl (C=O) groups is 2. The van der Waals surface area contributed by atoms with Crippen molar-refractivity contribution >= 4 is 34.5 Å². The second kappa shape index (κ2) is 9.63. The van der Waals surface area contributed by atoms with Crippen LogP contribution in [-0.4, -0.2) is 16.6 Å². The molecule has 4 aromatic carbocycles. The highest BCUT2D eigenvalue weighted by atomic mass is 16.6. The second-order valence-electron chi connectivity index (χ2n) is 8.97. The summed E-state index contributed by atoms with van der Waals surface area (Å²) in [6.07, 6.45) is 4.82. The number of rotatable bonds is 4. The molecule has 1 aliphatic heterocycles. The molecular formula is C32H24N2O3. The summed E-state index contributed by atoms with van der Waals surface area (Å²) in [6, 6.07) is 34.2. The molecule has 0 saturated carbocycles. The van der Waals surface area contributed by atoms with Crippen molar-refractivity contribution in [3.8, 4) is 0 Å². The molecule has 0 spiro atoms. The Labute approximate surface area is 214 Å². The Hall–Kier alpha value is -4.90. The first-order valence-electron chi connectivity index (χ1n) is 12.2. The topological polar surface area (TPSA) is 51.5 Å². The van der Waals surface area contributed by atoms with Gasteiger partial charge in [0, 0.05) is 18.0 Å². The van der Waals surface area contributed by atoms with Crippen molar-refractivity contribution in [1.29, 1.82) is 0 Å². The normalized spacial score (nSPS) is 14.6. The lowest BCUT2D eigenvalue weighted by molar-refractivity contribution is 0.0948. The summed E-state index contributed by atoms with van der Waals surface area (Å²) in [5, 5.41) is 2.12. The molecule has 1 aromatic heterocycles. The Morgan fingerprint density at radius 3 is 2.24 bits per heavy atom. The minimum Gasteiger partial charge on any atom is -0.444 e. The molecule has 0 bridgehead atoms. The summed E-state index contributed by atoms with van der Waals surface area (Å²) in [5.74, 6) is -0.196. The van der Waals surface area contributed by atoms with Crippen LogP contribution < -0.4 is 4.90 Å². The van der Waals surface area contributed by atoms with Crippen molar-refractivity contribution in [3.63, 3.8) is 0 Å². The van der Waals surface area contributed by atoms with Crippen molar-refractivity contribution in [2.45, 2.75) is 12.6 Å². The van der Waals surface area contributed by atoms with Crippen molar-refractivity contribution in [2.75, 3.05) is 4.90 Å². The molecule has 5 aromatic rings. The second-order valence-corrected chi connectivity index (χ2v) is 8.97. The minimum atomic E-state index is -0.669. The SMILES string of the molecule is O=C(OCc1ccccc1)N1c2ccccc2C=C(C(=O)n2cccc2)C1c1ccc2ccccc2c1. The fourth-order valence-corrected chi connectivity index (χ4v) is 4.85. The van der Waals surface area contributed by atoms with E-state index in [2.05, 4.69) is 0 Å². The number of amides is 1. The van der Waals surface area contributed by atoms with Gasteiger partial charge in [0.25, 0.3) is 5.91 Å². The van der Waals surface area contributed by atoms with Crippen LogP contribution in [0.1, 0.15) is 27.5 Å². The van der Waals surface area contributed by atoms with Crippen LogP contribution in [0.15, 0.2) is 127 Å². The fourth-order valence-electron chi connectivity index (χ4n) is 4.85. The summed E-state index contributed by atoms with van der Waals surface area (Å²) in [6.45, 7) is 0.132. The Balaban J connectivity index is 1.49. The number of benzene rings is 4. The Morgan fingerprint density at radius 1 is 0.730 bits per heavy atom. The van der Waals surface area contributed by atoms with E-state index in [0.717, 1.165) is 27.5 Å². The average Bonchev–Trinajstić information content (AvgIpc) is 3.50. The van der Waals surface area contributed by atoms with Crippen molar-refractivity contribution in [3.05, 3.63) is 144 Å². The number of nitrogens with zero attached hydrogens (tertiary/aromatic N) is 2. The van der Waals surface area contributed by atoms with Crippen LogP contribution in [0.3, 0.4) is 0 Å². The van der Waals surface area contributed by atoms with Crippen molar-refractivity contribution in [1.82, 2.24) is 4.57 Å². The van der Waals surface area contributed by atoms with Gasteiger partial charge in [0.15, 0.2) is 0 Å². The highest BCUT2D eigenvalue weighted by Gasteiger charge is 2.38. The number of anilines is 1. The van der Waals surface area contributed by atoms with Crippen molar-refractivity contribution < 1.29 is 14.3 Å². The maximum atomic E-state index is 13.8. The fraction of sp³-hybridized carbons (Fsp3) is 0.0625. The first-order chi connectivity index (χ1) is 18.2. The predicted molar refractivity (Wildman–Crippen MR) is 145 cm³/mol. The van der Waals surface area contributed by atoms with Gasteiger partial charge in [-0.1, -0.05) is 84.9 Å². The summed E-state index contributed by atoms with van der Waals surface area (Å²) in [7, 11) is 0. The lowest BCUT2D eigenvalue weighted by Crippen LogP contribution is -2.40. The zero-order valence-electron chi connectivity index (χ0n) is 20.0. The number of hydrogen-bond donors (Lipinski definition) is 0. The van der Waals surface area contributed by atoms with Gasteiger partial charge in [-0.05, 0) is 57.8 Å². The van der Waals surface area contributed by atoms with Gasteiger partial charge in [-0.25, -0.2) is 4.79 Å². The number of carbonyl (C=O) groups excluding carboxylic acids is 2. The van der Waals surface area contributed by atoms with Gasteiger partial charge < -0.3 is 4.74 Å².